The number of carbonyl (C=O) groups excluding carboxylic acids is 2. The fourth-order valence-corrected chi connectivity index (χ4v) is 3.63. The van der Waals surface area contributed by atoms with E-state index in [9.17, 15) is 14.4 Å². The highest BCUT2D eigenvalue weighted by atomic mass is 16.7. The van der Waals surface area contributed by atoms with Crippen molar-refractivity contribution in [1.82, 2.24) is 0 Å². The van der Waals surface area contributed by atoms with E-state index in [-0.39, 0.29) is 11.7 Å². The van der Waals surface area contributed by atoms with Crippen LogP contribution in [0.5, 0.6) is 5.75 Å². The Kier molecular flexibility index (Phi) is 4.24. The van der Waals surface area contributed by atoms with Crippen LogP contribution in [-0.2, 0) is 23.8 Å². The van der Waals surface area contributed by atoms with Crippen LogP contribution in [0.1, 0.15) is 46.3 Å². The molecule has 0 saturated carbocycles. The second-order valence-electron chi connectivity index (χ2n) is 8.08. The summed E-state index contributed by atoms with van der Waals surface area (Å²) in [5.41, 5.74) is -2.07. The fraction of sp³-hybridized carbons (Fsp3) is 0.476. The zero-order chi connectivity index (χ0) is 21.1. The molecule has 0 N–H and O–H groups in total. The first-order valence-corrected chi connectivity index (χ1v) is 9.35. The van der Waals surface area contributed by atoms with Crippen LogP contribution in [0.25, 0.3) is 11.0 Å². The van der Waals surface area contributed by atoms with Gasteiger partial charge >= 0.3 is 17.6 Å². The molecule has 1 fully saturated rings. The molecule has 2 aliphatic rings. The van der Waals surface area contributed by atoms with Gasteiger partial charge in [0.2, 0.25) is 0 Å². The van der Waals surface area contributed by atoms with Crippen molar-refractivity contribution in [3.8, 4) is 5.75 Å². The monoisotopic (exact) mass is 402 g/mol. The first-order chi connectivity index (χ1) is 13.5. The number of rotatable bonds is 3. The molecule has 2 aromatic rings. The topological polar surface area (TPSA) is 105 Å². The van der Waals surface area contributed by atoms with Gasteiger partial charge in [-0.05, 0) is 45.9 Å². The van der Waals surface area contributed by atoms with E-state index in [0.717, 1.165) is 0 Å². The third-order valence-corrected chi connectivity index (χ3v) is 5.48. The Bertz CT molecular complexity index is 1070. The third kappa shape index (κ3) is 3.17. The van der Waals surface area contributed by atoms with Crippen LogP contribution in [0.4, 0.5) is 0 Å². The second-order valence-corrected chi connectivity index (χ2v) is 8.08. The maximum atomic E-state index is 12.7. The molecule has 2 aliphatic heterocycles. The highest BCUT2D eigenvalue weighted by Crippen LogP contribution is 2.47. The Hall–Kier alpha value is -2.87. The standard InChI is InChI=1S/C21H22O8/c1-10-21(5,28-10)19(24)27-18-17(25-11(2)22)15-13(29-20(18,3)4)8-6-12-7-9-14(23)26-16(12)15/h6-10,17-18H,1-5H3/t10-,17-,18-,21-/m1/s1. The van der Waals surface area contributed by atoms with Gasteiger partial charge in [-0.25, -0.2) is 9.59 Å². The molecule has 0 spiro atoms. The average molecular weight is 402 g/mol. The van der Waals surface area contributed by atoms with Crippen LogP contribution in [0.2, 0.25) is 0 Å². The van der Waals surface area contributed by atoms with Crippen molar-refractivity contribution in [3.05, 3.63) is 40.2 Å². The van der Waals surface area contributed by atoms with Gasteiger partial charge in [0.25, 0.3) is 0 Å². The molecule has 0 aliphatic carbocycles. The summed E-state index contributed by atoms with van der Waals surface area (Å²) in [6.07, 6.45) is -2.29. The van der Waals surface area contributed by atoms with Gasteiger partial charge in [0.15, 0.2) is 17.8 Å². The molecular weight excluding hydrogens is 380 g/mol. The van der Waals surface area contributed by atoms with E-state index in [1.165, 1.54) is 13.0 Å². The lowest BCUT2D eigenvalue weighted by Gasteiger charge is -2.43. The minimum absolute atomic E-state index is 0.222. The van der Waals surface area contributed by atoms with Gasteiger partial charge in [0.1, 0.15) is 16.9 Å². The molecule has 0 radical (unpaired) electrons. The lowest BCUT2D eigenvalue weighted by Crippen LogP contribution is -2.53. The number of ether oxygens (including phenoxy) is 4. The number of carbonyl (C=O) groups is 2. The van der Waals surface area contributed by atoms with Crippen molar-refractivity contribution < 1.29 is 33.0 Å². The summed E-state index contributed by atoms with van der Waals surface area (Å²) in [6, 6.07) is 6.35. The smallest absolute Gasteiger partial charge is 0.341 e. The van der Waals surface area contributed by atoms with E-state index < -0.39 is 41.0 Å². The van der Waals surface area contributed by atoms with E-state index in [4.69, 9.17) is 23.4 Å². The van der Waals surface area contributed by atoms with Crippen molar-refractivity contribution in [3.63, 3.8) is 0 Å². The van der Waals surface area contributed by atoms with Gasteiger partial charge in [-0.2, -0.15) is 0 Å². The van der Waals surface area contributed by atoms with E-state index in [1.54, 1.807) is 45.9 Å². The van der Waals surface area contributed by atoms with Crippen LogP contribution in [0, 0.1) is 0 Å². The Labute approximate surface area is 166 Å². The quantitative estimate of drug-likeness (QED) is 0.438. The van der Waals surface area contributed by atoms with Gasteiger partial charge in [-0.15, -0.1) is 0 Å². The number of hydrogen-bond donors (Lipinski definition) is 0. The largest absolute Gasteiger partial charge is 0.483 e. The predicted molar refractivity (Wildman–Crippen MR) is 101 cm³/mol. The molecule has 154 valence electrons. The highest BCUT2D eigenvalue weighted by Gasteiger charge is 2.60. The lowest BCUT2D eigenvalue weighted by atomic mass is 9.87. The van der Waals surface area contributed by atoms with Gasteiger partial charge in [-0.1, -0.05) is 0 Å². The van der Waals surface area contributed by atoms with E-state index in [2.05, 4.69) is 0 Å². The van der Waals surface area contributed by atoms with Gasteiger partial charge < -0.3 is 23.4 Å². The SMILES string of the molecule is CC(=O)O[C@@H]1c2c(ccc3ccc(=O)oc23)OC(C)(C)[C@@H]1OC(=O)[C@]1(C)O[C@@H]1C. The van der Waals surface area contributed by atoms with Crippen LogP contribution in [0.3, 0.4) is 0 Å². The molecular formula is C21H22O8. The summed E-state index contributed by atoms with van der Waals surface area (Å²) in [4.78, 5) is 36.5. The van der Waals surface area contributed by atoms with Crippen LogP contribution in [-0.4, -0.2) is 35.3 Å². The van der Waals surface area contributed by atoms with E-state index >= 15 is 0 Å². The molecule has 0 bridgehead atoms. The van der Waals surface area contributed by atoms with Gasteiger partial charge in [0.05, 0.1) is 11.7 Å². The normalized spacial score (nSPS) is 29.5. The zero-order valence-electron chi connectivity index (χ0n) is 16.8. The number of benzene rings is 1. The molecule has 1 aromatic carbocycles. The molecule has 0 unspecified atom stereocenters. The highest BCUT2D eigenvalue weighted by molar-refractivity contribution is 5.85. The molecule has 8 heteroatoms. The number of esters is 2. The maximum Gasteiger partial charge on any atom is 0.341 e. The van der Waals surface area contributed by atoms with Crippen molar-refractivity contribution in [2.45, 2.75) is 64.1 Å². The summed E-state index contributed by atoms with van der Waals surface area (Å²) >= 11 is 0. The molecule has 1 saturated heterocycles. The van der Waals surface area contributed by atoms with Gasteiger partial charge in [-0.3, -0.25) is 4.79 Å². The predicted octanol–water partition coefficient (Wildman–Crippen LogP) is 2.66. The molecule has 4 atom stereocenters. The zero-order valence-corrected chi connectivity index (χ0v) is 16.8. The molecule has 4 rings (SSSR count). The molecule has 1 aromatic heterocycles. The van der Waals surface area contributed by atoms with Crippen molar-refractivity contribution in [2.24, 2.45) is 0 Å². The maximum absolute atomic E-state index is 12.7. The summed E-state index contributed by atoms with van der Waals surface area (Å²) in [7, 11) is 0. The van der Waals surface area contributed by atoms with Crippen molar-refractivity contribution in [2.75, 3.05) is 0 Å². The number of epoxide rings is 1. The van der Waals surface area contributed by atoms with Crippen LogP contribution in [0.15, 0.2) is 33.5 Å². The second kappa shape index (κ2) is 6.32. The molecule has 8 nitrogen and oxygen atoms in total. The van der Waals surface area contributed by atoms with E-state index in [0.29, 0.717) is 16.7 Å². The van der Waals surface area contributed by atoms with E-state index in [1.807, 2.05) is 0 Å². The summed E-state index contributed by atoms with van der Waals surface area (Å²) in [6.45, 7) is 8.13. The minimum Gasteiger partial charge on any atom is -0.483 e. The van der Waals surface area contributed by atoms with Crippen LogP contribution >= 0.6 is 0 Å². The Morgan fingerprint density at radius 2 is 1.72 bits per heavy atom. The van der Waals surface area contributed by atoms with Crippen molar-refractivity contribution >= 4 is 22.9 Å². The van der Waals surface area contributed by atoms with Gasteiger partial charge in [0, 0.05) is 18.4 Å². The summed E-state index contributed by atoms with van der Waals surface area (Å²) in [5, 5.41) is 0.625. The Morgan fingerprint density at radius 3 is 2.34 bits per heavy atom. The average Bonchev–Trinajstić information content (AvgIpc) is 3.24. The summed E-state index contributed by atoms with van der Waals surface area (Å²) < 4.78 is 28.2. The third-order valence-electron chi connectivity index (χ3n) is 5.48. The van der Waals surface area contributed by atoms with Crippen LogP contribution < -0.4 is 10.4 Å². The number of fused-ring (bicyclic) bond motifs is 3. The minimum atomic E-state index is -1.05. The van der Waals surface area contributed by atoms with Crippen molar-refractivity contribution in [1.29, 1.82) is 0 Å². The molecule has 3 heterocycles. The molecule has 0 amide bonds. The summed E-state index contributed by atoms with van der Waals surface area (Å²) in [5.74, 6) is -0.760. The Morgan fingerprint density at radius 1 is 1.07 bits per heavy atom. The Balaban J connectivity index is 1.85. The molecule has 29 heavy (non-hydrogen) atoms. The number of hydrogen-bond acceptors (Lipinski definition) is 8. The first-order valence-electron chi connectivity index (χ1n) is 9.35. The first kappa shape index (κ1) is 19.4. The fourth-order valence-electron chi connectivity index (χ4n) is 3.63. The lowest BCUT2D eigenvalue weighted by molar-refractivity contribution is -0.192.